The molecular weight excluding hydrogens is 535 g/mol. The Bertz CT molecular complexity index is 2290. The van der Waals surface area contributed by atoms with E-state index in [9.17, 15) is 23.7 Å². The number of benzene rings is 5. The molecule has 0 bridgehead atoms. The van der Waals surface area contributed by atoms with Crippen molar-refractivity contribution in [3.05, 3.63) is 119 Å². The van der Waals surface area contributed by atoms with Gasteiger partial charge in [-0.1, -0.05) is 48.5 Å². The average molecular weight is 548 g/mol. The fourth-order valence-electron chi connectivity index (χ4n) is 5.74. The van der Waals surface area contributed by atoms with Crippen molar-refractivity contribution in [2.75, 3.05) is 0 Å². The van der Waals surface area contributed by atoms with Crippen LogP contribution in [-0.2, 0) is 0 Å². The Morgan fingerprint density at radius 1 is 0.463 bits per heavy atom. The van der Waals surface area contributed by atoms with Gasteiger partial charge < -0.3 is 9.13 Å². The van der Waals surface area contributed by atoms with E-state index in [-0.39, 0.29) is 22.2 Å². The van der Waals surface area contributed by atoms with Crippen LogP contribution in [0.3, 0.4) is 0 Å². The number of nitrogens with zero attached hydrogens (tertiary/aromatic N) is 4. The minimum Gasteiger partial charge on any atom is -0.306 e. The summed E-state index contributed by atoms with van der Waals surface area (Å²) in [5.41, 5.74) is 1.15. The van der Waals surface area contributed by atoms with Crippen molar-refractivity contribution in [1.29, 1.82) is 10.5 Å². The van der Waals surface area contributed by atoms with Crippen molar-refractivity contribution in [2.45, 2.75) is 0 Å². The Balaban J connectivity index is 1.79. The molecule has 0 atom stereocenters. The van der Waals surface area contributed by atoms with Gasteiger partial charge in [0, 0.05) is 21.5 Å². The van der Waals surface area contributed by atoms with Crippen LogP contribution < -0.4 is 0 Å². The average Bonchev–Trinajstić information content (AvgIpc) is 3.51. The maximum atomic E-state index is 15.2. The van der Waals surface area contributed by atoms with Crippen molar-refractivity contribution in [2.24, 2.45) is 0 Å². The highest BCUT2D eigenvalue weighted by Gasteiger charge is 2.30. The first-order valence-corrected chi connectivity index (χ1v) is 12.3. The molecule has 0 fully saturated rings. The number of halogens is 5. The van der Waals surface area contributed by atoms with Gasteiger partial charge in [0.05, 0.1) is 38.9 Å². The molecule has 0 aliphatic heterocycles. The fourth-order valence-corrected chi connectivity index (χ4v) is 5.74. The second kappa shape index (κ2) is 8.67. The molecule has 0 spiro atoms. The first-order chi connectivity index (χ1) is 19.9. The Labute approximate surface area is 227 Å². The molecule has 196 valence electrons. The molecule has 0 amide bonds. The van der Waals surface area contributed by atoms with Crippen LogP contribution >= 0.6 is 0 Å². The van der Waals surface area contributed by atoms with E-state index < -0.39 is 34.8 Å². The lowest BCUT2D eigenvalue weighted by molar-refractivity contribution is 0.376. The molecule has 2 heterocycles. The Morgan fingerprint density at radius 3 is 1.61 bits per heavy atom. The monoisotopic (exact) mass is 548 g/mol. The summed E-state index contributed by atoms with van der Waals surface area (Å²) in [7, 11) is 0. The zero-order valence-corrected chi connectivity index (χ0v) is 20.7. The lowest BCUT2D eigenvalue weighted by atomic mass is 10.1. The minimum absolute atomic E-state index is 0.166. The summed E-state index contributed by atoms with van der Waals surface area (Å²) in [6.45, 7) is 0. The van der Waals surface area contributed by atoms with E-state index in [1.807, 2.05) is 18.2 Å². The molecular formula is C32H13F5N4. The van der Waals surface area contributed by atoms with Gasteiger partial charge in [-0.25, -0.2) is 22.0 Å². The lowest BCUT2D eigenvalue weighted by Crippen LogP contribution is -2.09. The van der Waals surface area contributed by atoms with E-state index in [4.69, 9.17) is 0 Å². The molecule has 0 saturated carbocycles. The molecule has 0 N–H and O–H groups in total. The van der Waals surface area contributed by atoms with Crippen LogP contribution in [0.2, 0.25) is 0 Å². The zero-order chi connectivity index (χ0) is 28.6. The number of hydrogen-bond donors (Lipinski definition) is 0. The van der Waals surface area contributed by atoms with E-state index in [0.717, 1.165) is 9.95 Å². The van der Waals surface area contributed by atoms with Crippen LogP contribution in [0.25, 0.3) is 55.0 Å². The Morgan fingerprint density at radius 2 is 1.00 bits per heavy atom. The molecule has 2 aromatic heterocycles. The predicted molar refractivity (Wildman–Crippen MR) is 144 cm³/mol. The number of fused-ring (bicyclic) bond motifs is 7. The van der Waals surface area contributed by atoms with Gasteiger partial charge in [-0.15, -0.1) is 0 Å². The summed E-state index contributed by atoms with van der Waals surface area (Å²) < 4.78 is 76.0. The number of hydrogen-bond acceptors (Lipinski definition) is 2. The van der Waals surface area contributed by atoms with E-state index in [1.54, 1.807) is 59.2 Å². The summed E-state index contributed by atoms with van der Waals surface area (Å²) in [4.78, 5) is 0. The largest absolute Gasteiger partial charge is 0.306 e. The maximum Gasteiger partial charge on any atom is 0.200 e. The summed E-state index contributed by atoms with van der Waals surface area (Å²) in [6, 6.07) is 26.1. The quantitative estimate of drug-likeness (QED) is 0.124. The molecule has 5 aromatic carbocycles. The maximum absolute atomic E-state index is 15.2. The molecule has 7 aromatic rings. The minimum atomic E-state index is -2.25. The van der Waals surface area contributed by atoms with E-state index in [1.165, 1.54) is 6.07 Å². The molecule has 0 radical (unpaired) electrons. The van der Waals surface area contributed by atoms with Gasteiger partial charge in [0.15, 0.2) is 23.3 Å². The predicted octanol–water partition coefficient (Wildman–Crippen LogP) is 8.32. The van der Waals surface area contributed by atoms with Gasteiger partial charge in [-0.2, -0.15) is 10.5 Å². The van der Waals surface area contributed by atoms with Crippen LogP contribution in [0.1, 0.15) is 11.1 Å². The third-order valence-electron chi connectivity index (χ3n) is 7.38. The number of aromatic nitrogens is 2. The van der Waals surface area contributed by atoms with Crippen LogP contribution in [0.5, 0.6) is 0 Å². The number of rotatable bonds is 2. The third-order valence-corrected chi connectivity index (χ3v) is 7.38. The van der Waals surface area contributed by atoms with Crippen molar-refractivity contribution in [3.8, 4) is 23.5 Å². The first-order valence-electron chi connectivity index (χ1n) is 12.3. The van der Waals surface area contributed by atoms with Gasteiger partial charge in [-0.3, -0.25) is 0 Å². The van der Waals surface area contributed by atoms with Gasteiger partial charge in [0.25, 0.3) is 0 Å². The van der Waals surface area contributed by atoms with Crippen molar-refractivity contribution in [1.82, 2.24) is 9.13 Å². The normalized spacial score (nSPS) is 11.5. The number of para-hydroxylation sites is 3. The molecule has 9 heteroatoms. The highest BCUT2D eigenvalue weighted by molar-refractivity contribution is 6.26. The summed E-state index contributed by atoms with van der Waals surface area (Å²) in [6.07, 6.45) is 0. The van der Waals surface area contributed by atoms with Gasteiger partial charge in [0.1, 0.15) is 17.8 Å². The first kappa shape index (κ1) is 24.4. The molecule has 0 aliphatic carbocycles. The summed E-state index contributed by atoms with van der Waals surface area (Å²) in [5.74, 6) is -10.3. The topological polar surface area (TPSA) is 57.4 Å². The van der Waals surface area contributed by atoms with Crippen LogP contribution in [0.15, 0.2) is 78.9 Å². The van der Waals surface area contributed by atoms with Crippen LogP contribution in [0, 0.1) is 51.7 Å². The van der Waals surface area contributed by atoms with E-state index >= 15 is 8.78 Å². The lowest BCUT2D eigenvalue weighted by Gasteiger charge is -2.13. The van der Waals surface area contributed by atoms with Gasteiger partial charge in [-0.05, 0) is 30.3 Å². The molecule has 0 saturated heterocycles. The SMILES string of the molecule is N#Cc1cccc(C#N)c1-n1c2ccccc2c2ccc3c(c4ccccc4n3-c3c(F)c(F)c(F)c(F)c3F)c21. The summed E-state index contributed by atoms with van der Waals surface area (Å²) in [5, 5.41) is 22.4. The van der Waals surface area contributed by atoms with E-state index in [0.29, 0.717) is 32.9 Å². The smallest absolute Gasteiger partial charge is 0.200 e. The van der Waals surface area contributed by atoms with Gasteiger partial charge in [0.2, 0.25) is 5.82 Å². The van der Waals surface area contributed by atoms with Crippen molar-refractivity contribution < 1.29 is 22.0 Å². The second-order valence-electron chi connectivity index (χ2n) is 9.40. The number of nitriles is 2. The highest BCUT2D eigenvalue weighted by Crippen LogP contribution is 2.43. The molecule has 41 heavy (non-hydrogen) atoms. The molecule has 0 aliphatic rings. The standard InChI is InChI=1S/C32H13F5N4/c33-25-26(34)28(36)32(29(37)27(25)35)40-22-11-4-2-9-20(22)24-23(40)13-12-19-18-8-1-3-10-21(18)41(31(19)24)30-16(14-38)6-5-7-17(30)15-39/h1-13H. The summed E-state index contributed by atoms with van der Waals surface area (Å²) >= 11 is 0. The Kier molecular flexibility index (Phi) is 5.15. The molecule has 7 rings (SSSR count). The third kappa shape index (κ3) is 3.11. The molecule has 0 unspecified atom stereocenters. The van der Waals surface area contributed by atoms with Crippen LogP contribution in [0.4, 0.5) is 22.0 Å². The van der Waals surface area contributed by atoms with Crippen molar-refractivity contribution in [3.63, 3.8) is 0 Å². The second-order valence-corrected chi connectivity index (χ2v) is 9.40. The zero-order valence-electron chi connectivity index (χ0n) is 20.7. The Hall–Kier alpha value is -5.67. The highest BCUT2D eigenvalue weighted by atomic mass is 19.2. The van der Waals surface area contributed by atoms with Crippen molar-refractivity contribution >= 4 is 43.6 Å². The van der Waals surface area contributed by atoms with Crippen LogP contribution in [-0.4, -0.2) is 9.13 Å². The van der Waals surface area contributed by atoms with E-state index in [2.05, 4.69) is 12.1 Å². The molecule has 4 nitrogen and oxygen atoms in total. The fraction of sp³-hybridized carbons (Fsp3) is 0. The van der Waals surface area contributed by atoms with Gasteiger partial charge >= 0.3 is 0 Å².